The summed E-state index contributed by atoms with van der Waals surface area (Å²) in [4.78, 5) is 7.99. The molecule has 0 bridgehead atoms. The normalized spacial score (nSPS) is 11.2. The SMILES string of the molecule is Cc1cc(N)c(OC(C)C)cc1-c1nc2ccccc2[nH]1. The Labute approximate surface area is 124 Å². The summed E-state index contributed by atoms with van der Waals surface area (Å²) in [6, 6.07) is 11.9. The number of aromatic nitrogens is 2. The fourth-order valence-electron chi connectivity index (χ4n) is 2.40. The maximum Gasteiger partial charge on any atom is 0.143 e. The van der Waals surface area contributed by atoms with Crippen LogP contribution in [0.15, 0.2) is 36.4 Å². The fourth-order valence-corrected chi connectivity index (χ4v) is 2.40. The van der Waals surface area contributed by atoms with Gasteiger partial charge in [-0.1, -0.05) is 12.1 Å². The topological polar surface area (TPSA) is 63.9 Å². The molecule has 0 saturated carbocycles. The van der Waals surface area contributed by atoms with Crippen LogP contribution in [0.5, 0.6) is 5.75 Å². The lowest BCUT2D eigenvalue weighted by molar-refractivity contribution is 0.244. The van der Waals surface area contributed by atoms with E-state index in [0.717, 1.165) is 28.0 Å². The monoisotopic (exact) mass is 281 g/mol. The highest BCUT2D eigenvalue weighted by atomic mass is 16.5. The van der Waals surface area contributed by atoms with Crippen LogP contribution < -0.4 is 10.5 Å². The number of nitrogen functional groups attached to an aromatic ring is 1. The van der Waals surface area contributed by atoms with Gasteiger partial charge in [0.15, 0.2) is 0 Å². The molecule has 0 saturated heterocycles. The number of aryl methyl sites for hydroxylation is 1. The third-order valence-corrected chi connectivity index (χ3v) is 3.36. The minimum Gasteiger partial charge on any atom is -0.489 e. The number of rotatable bonds is 3. The molecule has 1 heterocycles. The van der Waals surface area contributed by atoms with E-state index in [1.807, 2.05) is 57.2 Å². The highest BCUT2D eigenvalue weighted by Gasteiger charge is 2.12. The Hall–Kier alpha value is -2.49. The molecule has 3 aromatic rings. The molecule has 3 N–H and O–H groups in total. The second-order valence-corrected chi connectivity index (χ2v) is 5.47. The lowest BCUT2D eigenvalue weighted by Crippen LogP contribution is -2.08. The molecule has 0 aliphatic rings. The van der Waals surface area contributed by atoms with Crippen LogP contribution in [0.25, 0.3) is 22.4 Å². The maximum atomic E-state index is 6.04. The Morgan fingerprint density at radius 1 is 1.19 bits per heavy atom. The van der Waals surface area contributed by atoms with Gasteiger partial charge in [-0.2, -0.15) is 0 Å². The van der Waals surface area contributed by atoms with Crippen LogP contribution in [-0.2, 0) is 0 Å². The van der Waals surface area contributed by atoms with Gasteiger partial charge in [-0.25, -0.2) is 4.98 Å². The average molecular weight is 281 g/mol. The highest BCUT2D eigenvalue weighted by Crippen LogP contribution is 2.32. The Kier molecular flexibility index (Phi) is 3.29. The molecule has 0 aliphatic carbocycles. The Bertz CT molecular complexity index is 757. The van der Waals surface area contributed by atoms with Gasteiger partial charge in [-0.3, -0.25) is 0 Å². The molecule has 21 heavy (non-hydrogen) atoms. The summed E-state index contributed by atoms with van der Waals surface area (Å²) in [5.41, 5.74) is 10.7. The summed E-state index contributed by atoms with van der Waals surface area (Å²) in [5.74, 6) is 1.54. The van der Waals surface area contributed by atoms with Crippen molar-refractivity contribution in [2.75, 3.05) is 5.73 Å². The number of hydrogen-bond acceptors (Lipinski definition) is 3. The van der Waals surface area contributed by atoms with E-state index in [1.165, 1.54) is 0 Å². The average Bonchev–Trinajstić information content (AvgIpc) is 2.84. The molecule has 4 heteroatoms. The van der Waals surface area contributed by atoms with Crippen LogP contribution in [-0.4, -0.2) is 16.1 Å². The number of H-pyrrole nitrogens is 1. The van der Waals surface area contributed by atoms with Crippen LogP contribution in [0, 0.1) is 6.92 Å². The first-order valence-electron chi connectivity index (χ1n) is 7.06. The zero-order valence-electron chi connectivity index (χ0n) is 12.5. The van der Waals surface area contributed by atoms with E-state index in [9.17, 15) is 0 Å². The Morgan fingerprint density at radius 3 is 2.67 bits per heavy atom. The van der Waals surface area contributed by atoms with Crippen LogP contribution in [0.1, 0.15) is 19.4 Å². The molecule has 1 aromatic heterocycles. The molecule has 0 spiro atoms. The minimum absolute atomic E-state index is 0.0820. The number of hydrogen-bond donors (Lipinski definition) is 2. The summed E-state index contributed by atoms with van der Waals surface area (Å²) in [6.07, 6.45) is 0.0820. The van der Waals surface area contributed by atoms with Gasteiger partial charge in [-0.05, 0) is 50.6 Å². The number of fused-ring (bicyclic) bond motifs is 1. The first-order valence-corrected chi connectivity index (χ1v) is 7.06. The van der Waals surface area contributed by atoms with Crippen LogP contribution in [0.3, 0.4) is 0 Å². The second-order valence-electron chi connectivity index (χ2n) is 5.47. The first kappa shape index (κ1) is 13.5. The molecule has 0 fully saturated rings. The summed E-state index contributed by atoms with van der Waals surface area (Å²) in [7, 11) is 0. The molecular formula is C17H19N3O. The molecular weight excluding hydrogens is 262 g/mol. The van der Waals surface area contributed by atoms with Crippen molar-refractivity contribution in [3.63, 3.8) is 0 Å². The number of ether oxygens (including phenoxy) is 1. The van der Waals surface area contributed by atoms with E-state index in [0.29, 0.717) is 11.4 Å². The zero-order valence-corrected chi connectivity index (χ0v) is 12.5. The van der Waals surface area contributed by atoms with Crippen LogP contribution in [0.4, 0.5) is 5.69 Å². The van der Waals surface area contributed by atoms with Crippen molar-refractivity contribution < 1.29 is 4.74 Å². The third kappa shape index (κ3) is 2.57. The zero-order chi connectivity index (χ0) is 15.0. The molecule has 4 nitrogen and oxygen atoms in total. The van der Waals surface area contributed by atoms with Gasteiger partial charge in [0.1, 0.15) is 11.6 Å². The predicted octanol–water partition coefficient (Wildman–Crippen LogP) is 3.91. The van der Waals surface area contributed by atoms with Crippen molar-refractivity contribution in [1.29, 1.82) is 0 Å². The van der Waals surface area contributed by atoms with Crippen molar-refractivity contribution in [3.05, 3.63) is 42.0 Å². The largest absolute Gasteiger partial charge is 0.489 e. The summed E-state index contributed by atoms with van der Waals surface area (Å²) in [6.45, 7) is 6.00. The summed E-state index contributed by atoms with van der Waals surface area (Å²) >= 11 is 0. The summed E-state index contributed by atoms with van der Waals surface area (Å²) in [5, 5.41) is 0. The number of nitrogens with two attached hydrogens (primary N) is 1. The van der Waals surface area contributed by atoms with Crippen molar-refractivity contribution in [2.45, 2.75) is 26.9 Å². The van der Waals surface area contributed by atoms with E-state index >= 15 is 0 Å². The Balaban J connectivity index is 2.12. The number of nitrogens with one attached hydrogen (secondary N) is 1. The van der Waals surface area contributed by atoms with Gasteiger partial charge in [0.25, 0.3) is 0 Å². The van der Waals surface area contributed by atoms with Crippen molar-refractivity contribution in [1.82, 2.24) is 9.97 Å². The molecule has 0 aliphatic heterocycles. The van der Waals surface area contributed by atoms with Crippen LogP contribution in [0.2, 0.25) is 0 Å². The fraction of sp³-hybridized carbons (Fsp3) is 0.235. The molecule has 108 valence electrons. The number of nitrogens with zero attached hydrogens (tertiary/aromatic N) is 1. The number of para-hydroxylation sites is 2. The molecule has 0 amide bonds. The number of benzene rings is 2. The first-order chi connectivity index (χ1) is 10.0. The quantitative estimate of drug-likeness (QED) is 0.715. The molecule has 2 aromatic carbocycles. The standard InChI is InChI=1S/C17H19N3O/c1-10(2)21-16-9-12(11(3)8-13(16)18)17-19-14-6-4-5-7-15(14)20-17/h4-10H,18H2,1-3H3,(H,19,20). The van der Waals surface area contributed by atoms with E-state index in [2.05, 4.69) is 9.97 Å². The van der Waals surface area contributed by atoms with E-state index < -0.39 is 0 Å². The number of aromatic amines is 1. The van der Waals surface area contributed by atoms with Crippen molar-refractivity contribution >= 4 is 16.7 Å². The summed E-state index contributed by atoms with van der Waals surface area (Å²) < 4.78 is 5.77. The highest BCUT2D eigenvalue weighted by molar-refractivity contribution is 5.81. The second kappa shape index (κ2) is 5.13. The smallest absolute Gasteiger partial charge is 0.143 e. The van der Waals surface area contributed by atoms with Gasteiger partial charge < -0.3 is 15.5 Å². The van der Waals surface area contributed by atoms with Gasteiger partial charge in [0.05, 0.1) is 22.8 Å². The lowest BCUT2D eigenvalue weighted by Gasteiger charge is -2.14. The van der Waals surface area contributed by atoms with Gasteiger partial charge in [0, 0.05) is 5.56 Å². The third-order valence-electron chi connectivity index (χ3n) is 3.36. The van der Waals surface area contributed by atoms with E-state index in [4.69, 9.17) is 10.5 Å². The molecule has 0 unspecified atom stereocenters. The van der Waals surface area contributed by atoms with E-state index in [1.54, 1.807) is 0 Å². The Morgan fingerprint density at radius 2 is 1.95 bits per heavy atom. The molecule has 0 atom stereocenters. The predicted molar refractivity (Wildman–Crippen MR) is 86.4 cm³/mol. The minimum atomic E-state index is 0.0820. The molecule has 3 rings (SSSR count). The van der Waals surface area contributed by atoms with Crippen molar-refractivity contribution in [2.24, 2.45) is 0 Å². The van der Waals surface area contributed by atoms with Crippen molar-refractivity contribution in [3.8, 4) is 17.1 Å². The number of anilines is 1. The van der Waals surface area contributed by atoms with Gasteiger partial charge in [-0.15, -0.1) is 0 Å². The molecule has 0 radical (unpaired) electrons. The number of imidazole rings is 1. The maximum absolute atomic E-state index is 6.04. The van der Waals surface area contributed by atoms with Gasteiger partial charge >= 0.3 is 0 Å². The van der Waals surface area contributed by atoms with Gasteiger partial charge in [0.2, 0.25) is 0 Å². The van der Waals surface area contributed by atoms with Crippen LogP contribution >= 0.6 is 0 Å². The van der Waals surface area contributed by atoms with E-state index in [-0.39, 0.29) is 6.10 Å². The lowest BCUT2D eigenvalue weighted by atomic mass is 10.1.